The van der Waals surface area contributed by atoms with E-state index in [-0.39, 0.29) is 6.10 Å². The van der Waals surface area contributed by atoms with Crippen molar-refractivity contribution in [3.63, 3.8) is 0 Å². The first-order valence-electron chi connectivity index (χ1n) is 7.25. The second-order valence-corrected chi connectivity index (χ2v) is 5.54. The smallest absolute Gasteiger partial charge is 0.105 e. The third-order valence-electron chi connectivity index (χ3n) is 4.17. The van der Waals surface area contributed by atoms with Gasteiger partial charge in [-0.2, -0.15) is 0 Å². The zero-order valence-electron chi connectivity index (χ0n) is 11.9. The van der Waals surface area contributed by atoms with Gasteiger partial charge in [0.2, 0.25) is 0 Å². The first-order valence-corrected chi connectivity index (χ1v) is 7.25. The van der Waals surface area contributed by atoms with Gasteiger partial charge in [0.05, 0.1) is 6.10 Å². The maximum Gasteiger partial charge on any atom is 0.105 e. The highest BCUT2D eigenvalue weighted by Gasteiger charge is 2.39. The summed E-state index contributed by atoms with van der Waals surface area (Å²) in [5.41, 5.74) is 0.633. The van der Waals surface area contributed by atoms with Crippen LogP contribution in [0.3, 0.4) is 0 Å². The molecular formula is C16H25NO2. The second kappa shape index (κ2) is 6.51. The summed E-state index contributed by atoms with van der Waals surface area (Å²) in [4.78, 5) is 0. The molecule has 1 fully saturated rings. The second-order valence-electron chi connectivity index (χ2n) is 5.54. The highest BCUT2D eigenvalue weighted by Crippen LogP contribution is 2.25. The fraction of sp³-hybridized carbons (Fsp3) is 0.625. The molecule has 0 aromatic heterocycles. The largest absolute Gasteiger partial charge is 0.386 e. The highest BCUT2D eigenvalue weighted by molar-refractivity contribution is 5.15. The van der Waals surface area contributed by atoms with Crippen LogP contribution in [0.2, 0.25) is 0 Å². The van der Waals surface area contributed by atoms with Gasteiger partial charge in [0.25, 0.3) is 0 Å². The average Bonchev–Trinajstić information content (AvgIpc) is 2.76. The Hall–Kier alpha value is -0.900. The van der Waals surface area contributed by atoms with Crippen molar-refractivity contribution < 1.29 is 9.84 Å². The molecule has 3 nitrogen and oxygen atoms in total. The van der Waals surface area contributed by atoms with Gasteiger partial charge in [-0.05, 0) is 25.3 Å². The Morgan fingerprint density at radius 1 is 1.42 bits per heavy atom. The van der Waals surface area contributed by atoms with Gasteiger partial charge in [0, 0.05) is 25.6 Å². The molecule has 1 aromatic rings. The van der Waals surface area contributed by atoms with Crippen molar-refractivity contribution in [2.24, 2.45) is 0 Å². The maximum atomic E-state index is 10.5. The van der Waals surface area contributed by atoms with Crippen molar-refractivity contribution >= 4 is 0 Å². The summed E-state index contributed by atoms with van der Waals surface area (Å²) >= 11 is 0. The first-order chi connectivity index (χ1) is 9.14. The standard InChI is InChI=1S/C16H25NO2/c1-3-15(11-14-7-5-4-6-8-14)17-12-16(18)9-10-19-13(16)2/h4-8,13,15,17-18H,3,9-12H2,1-2H3. The summed E-state index contributed by atoms with van der Waals surface area (Å²) in [5, 5.41) is 14.0. The molecule has 106 valence electrons. The molecule has 0 radical (unpaired) electrons. The molecule has 0 saturated carbocycles. The van der Waals surface area contributed by atoms with E-state index in [0.29, 0.717) is 19.2 Å². The van der Waals surface area contributed by atoms with E-state index in [1.807, 2.05) is 13.0 Å². The summed E-state index contributed by atoms with van der Waals surface area (Å²) in [5.74, 6) is 0. The Morgan fingerprint density at radius 2 is 2.16 bits per heavy atom. The van der Waals surface area contributed by atoms with E-state index in [4.69, 9.17) is 4.74 Å². The van der Waals surface area contributed by atoms with Gasteiger partial charge in [-0.15, -0.1) is 0 Å². The Balaban J connectivity index is 1.86. The molecule has 19 heavy (non-hydrogen) atoms. The van der Waals surface area contributed by atoms with Crippen LogP contribution in [0.5, 0.6) is 0 Å². The van der Waals surface area contributed by atoms with E-state index in [1.54, 1.807) is 0 Å². The number of hydrogen-bond acceptors (Lipinski definition) is 3. The number of rotatable bonds is 6. The van der Waals surface area contributed by atoms with Gasteiger partial charge in [0.1, 0.15) is 5.60 Å². The molecule has 1 aromatic carbocycles. The normalized spacial score (nSPS) is 28.5. The number of ether oxygens (including phenoxy) is 1. The summed E-state index contributed by atoms with van der Waals surface area (Å²) < 4.78 is 5.46. The van der Waals surface area contributed by atoms with Crippen LogP contribution in [0.1, 0.15) is 32.3 Å². The van der Waals surface area contributed by atoms with Crippen molar-refractivity contribution in [2.75, 3.05) is 13.2 Å². The number of hydrogen-bond donors (Lipinski definition) is 2. The van der Waals surface area contributed by atoms with Crippen molar-refractivity contribution in [1.82, 2.24) is 5.32 Å². The third kappa shape index (κ3) is 3.78. The lowest BCUT2D eigenvalue weighted by molar-refractivity contribution is -0.0277. The van der Waals surface area contributed by atoms with E-state index in [2.05, 4.69) is 36.5 Å². The van der Waals surface area contributed by atoms with E-state index in [1.165, 1.54) is 5.56 Å². The van der Waals surface area contributed by atoms with Crippen molar-refractivity contribution in [1.29, 1.82) is 0 Å². The molecule has 0 aliphatic carbocycles. The van der Waals surface area contributed by atoms with Crippen LogP contribution < -0.4 is 5.32 Å². The maximum absolute atomic E-state index is 10.5. The monoisotopic (exact) mass is 263 g/mol. The fourth-order valence-electron chi connectivity index (χ4n) is 2.58. The number of nitrogens with one attached hydrogen (secondary N) is 1. The third-order valence-corrected chi connectivity index (χ3v) is 4.17. The Morgan fingerprint density at radius 3 is 2.74 bits per heavy atom. The topological polar surface area (TPSA) is 41.5 Å². The molecule has 2 N–H and O–H groups in total. The Kier molecular flexibility index (Phi) is 4.97. The van der Waals surface area contributed by atoms with Gasteiger partial charge in [-0.25, -0.2) is 0 Å². The molecule has 0 bridgehead atoms. The van der Waals surface area contributed by atoms with Crippen LogP contribution in [-0.4, -0.2) is 36.0 Å². The Bertz CT molecular complexity index is 382. The molecular weight excluding hydrogens is 238 g/mol. The van der Waals surface area contributed by atoms with Crippen LogP contribution >= 0.6 is 0 Å². The van der Waals surface area contributed by atoms with Crippen LogP contribution in [0.25, 0.3) is 0 Å². The molecule has 0 spiro atoms. The minimum Gasteiger partial charge on any atom is -0.386 e. The lowest BCUT2D eigenvalue weighted by Gasteiger charge is -2.29. The molecule has 3 heteroatoms. The average molecular weight is 263 g/mol. The van der Waals surface area contributed by atoms with Gasteiger partial charge >= 0.3 is 0 Å². The van der Waals surface area contributed by atoms with Crippen LogP contribution in [-0.2, 0) is 11.2 Å². The molecule has 3 atom stereocenters. The van der Waals surface area contributed by atoms with Crippen LogP contribution in [0, 0.1) is 0 Å². The lowest BCUT2D eigenvalue weighted by atomic mass is 9.95. The van der Waals surface area contributed by atoms with E-state index < -0.39 is 5.60 Å². The molecule has 1 aliphatic rings. The molecule has 2 rings (SSSR count). The molecule has 1 aliphatic heterocycles. The van der Waals surface area contributed by atoms with Crippen LogP contribution in [0.15, 0.2) is 30.3 Å². The van der Waals surface area contributed by atoms with Crippen LogP contribution in [0.4, 0.5) is 0 Å². The van der Waals surface area contributed by atoms with Crippen molar-refractivity contribution in [3.05, 3.63) is 35.9 Å². The zero-order valence-corrected chi connectivity index (χ0v) is 11.9. The van der Waals surface area contributed by atoms with Gasteiger partial charge in [-0.3, -0.25) is 0 Å². The summed E-state index contributed by atoms with van der Waals surface area (Å²) in [6, 6.07) is 10.9. The molecule has 1 heterocycles. The summed E-state index contributed by atoms with van der Waals surface area (Å²) in [6.45, 7) is 5.40. The zero-order chi connectivity index (χ0) is 13.7. The lowest BCUT2D eigenvalue weighted by Crippen LogP contribution is -2.49. The van der Waals surface area contributed by atoms with E-state index >= 15 is 0 Å². The molecule has 1 saturated heterocycles. The minimum absolute atomic E-state index is 0.0748. The SMILES string of the molecule is CCC(Cc1ccccc1)NCC1(O)CCOC1C. The van der Waals surface area contributed by atoms with E-state index in [9.17, 15) is 5.11 Å². The quantitative estimate of drug-likeness (QED) is 0.826. The Labute approximate surface area is 116 Å². The predicted molar refractivity (Wildman–Crippen MR) is 77.2 cm³/mol. The van der Waals surface area contributed by atoms with Gasteiger partial charge in [-0.1, -0.05) is 37.3 Å². The summed E-state index contributed by atoms with van der Waals surface area (Å²) in [7, 11) is 0. The van der Waals surface area contributed by atoms with Gasteiger partial charge in [0.15, 0.2) is 0 Å². The first kappa shape index (κ1) is 14.5. The van der Waals surface area contributed by atoms with E-state index in [0.717, 1.165) is 19.3 Å². The predicted octanol–water partition coefficient (Wildman–Crippen LogP) is 2.14. The number of aliphatic hydroxyl groups is 1. The summed E-state index contributed by atoms with van der Waals surface area (Å²) in [6.07, 6.45) is 2.71. The minimum atomic E-state index is -0.704. The highest BCUT2D eigenvalue weighted by atomic mass is 16.5. The van der Waals surface area contributed by atoms with Crippen molar-refractivity contribution in [2.45, 2.75) is 50.9 Å². The number of benzene rings is 1. The molecule has 3 unspecified atom stereocenters. The fourth-order valence-corrected chi connectivity index (χ4v) is 2.58. The molecule has 0 amide bonds. The van der Waals surface area contributed by atoms with Gasteiger partial charge < -0.3 is 15.2 Å². The van der Waals surface area contributed by atoms with Crippen molar-refractivity contribution in [3.8, 4) is 0 Å².